The molecule has 1 unspecified atom stereocenters. The lowest BCUT2D eigenvalue weighted by Crippen LogP contribution is -2.45. The lowest BCUT2D eigenvalue weighted by Gasteiger charge is -2.25. The van der Waals surface area contributed by atoms with E-state index in [4.69, 9.17) is 5.11 Å². The number of sulfonamides is 1. The van der Waals surface area contributed by atoms with Crippen molar-refractivity contribution in [2.24, 2.45) is 0 Å². The van der Waals surface area contributed by atoms with E-state index in [-0.39, 0.29) is 22.2 Å². The van der Waals surface area contributed by atoms with Crippen molar-refractivity contribution in [3.05, 3.63) is 16.3 Å². The van der Waals surface area contributed by atoms with E-state index in [0.29, 0.717) is 12.8 Å². The van der Waals surface area contributed by atoms with Crippen LogP contribution in [0, 0.1) is 0 Å². The Labute approximate surface area is 126 Å². The molecule has 21 heavy (non-hydrogen) atoms. The molecule has 9 heteroatoms. The predicted molar refractivity (Wildman–Crippen MR) is 76.9 cm³/mol. The summed E-state index contributed by atoms with van der Waals surface area (Å²) in [6.45, 7) is 0.224. The fourth-order valence-electron chi connectivity index (χ4n) is 2.36. The fraction of sp³-hybridized carbons (Fsp3) is 0.500. The summed E-state index contributed by atoms with van der Waals surface area (Å²) in [7, 11) is -0.847. The van der Waals surface area contributed by atoms with Crippen molar-refractivity contribution in [2.45, 2.75) is 23.8 Å². The Bertz CT molecular complexity index is 665. The molecule has 116 valence electrons. The van der Waals surface area contributed by atoms with Crippen molar-refractivity contribution in [3.8, 4) is 0 Å². The second-order valence-corrected chi connectivity index (χ2v) is 7.70. The predicted octanol–water partition coefficient (Wildman–Crippen LogP) is 0.688. The molecule has 0 radical (unpaired) electrons. The van der Waals surface area contributed by atoms with Gasteiger partial charge in [0.1, 0.15) is 15.8 Å². The SMILES string of the molecule is CN(C)C(=O)C1CCCN1S(=O)(=O)c1ccsc1C(=O)O. The smallest absolute Gasteiger partial charge is 0.347 e. The Balaban J connectivity index is 2.41. The van der Waals surface area contributed by atoms with Crippen LogP contribution in [0.4, 0.5) is 0 Å². The number of likely N-dealkylation sites (N-methyl/N-ethyl adjacent to an activating group) is 1. The molecule has 1 fully saturated rings. The van der Waals surface area contributed by atoms with E-state index >= 15 is 0 Å². The number of thiophene rings is 1. The van der Waals surface area contributed by atoms with Crippen molar-refractivity contribution in [1.82, 2.24) is 9.21 Å². The Morgan fingerprint density at radius 3 is 2.67 bits per heavy atom. The molecule has 2 rings (SSSR count). The van der Waals surface area contributed by atoms with Gasteiger partial charge in [0.15, 0.2) is 0 Å². The molecule has 2 heterocycles. The van der Waals surface area contributed by atoms with Gasteiger partial charge in [0, 0.05) is 20.6 Å². The second kappa shape index (κ2) is 5.74. The van der Waals surface area contributed by atoms with Crippen LogP contribution in [0.15, 0.2) is 16.3 Å². The molecular weight excluding hydrogens is 316 g/mol. The number of carbonyl (C=O) groups excluding carboxylic acids is 1. The number of rotatable bonds is 4. The number of nitrogens with zero attached hydrogens (tertiary/aromatic N) is 2. The zero-order chi connectivity index (χ0) is 15.8. The van der Waals surface area contributed by atoms with E-state index < -0.39 is 22.0 Å². The number of hydrogen-bond acceptors (Lipinski definition) is 5. The van der Waals surface area contributed by atoms with Gasteiger partial charge in [-0.2, -0.15) is 4.31 Å². The maximum absolute atomic E-state index is 12.7. The van der Waals surface area contributed by atoms with Gasteiger partial charge in [0.25, 0.3) is 0 Å². The topological polar surface area (TPSA) is 95.0 Å². The maximum Gasteiger partial charge on any atom is 0.347 e. The maximum atomic E-state index is 12.7. The van der Waals surface area contributed by atoms with Gasteiger partial charge in [0.2, 0.25) is 15.9 Å². The Morgan fingerprint density at radius 2 is 2.10 bits per heavy atom. The molecule has 0 bridgehead atoms. The van der Waals surface area contributed by atoms with E-state index in [0.717, 1.165) is 15.6 Å². The largest absolute Gasteiger partial charge is 0.477 e. The molecule has 1 amide bonds. The van der Waals surface area contributed by atoms with E-state index in [2.05, 4.69) is 0 Å². The van der Waals surface area contributed by atoms with Crippen LogP contribution in [0.25, 0.3) is 0 Å². The number of aromatic carboxylic acids is 1. The Hall–Kier alpha value is -1.45. The number of carbonyl (C=O) groups is 2. The zero-order valence-electron chi connectivity index (χ0n) is 11.6. The number of amides is 1. The summed E-state index contributed by atoms with van der Waals surface area (Å²) in [6.07, 6.45) is 1.03. The van der Waals surface area contributed by atoms with Crippen LogP contribution < -0.4 is 0 Å². The highest BCUT2D eigenvalue weighted by Crippen LogP contribution is 2.31. The van der Waals surface area contributed by atoms with E-state index in [1.54, 1.807) is 14.1 Å². The highest BCUT2D eigenvalue weighted by Gasteiger charge is 2.41. The normalized spacial score (nSPS) is 19.6. The fourth-order valence-corrected chi connectivity index (χ4v) is 5.24. The van der Waals surface area contributed by atoms with E-state index in [9.17, 15) is 18.0 Å². The van der Waals surface area contributed by atoms with Gasteiger partial charge >= 0.3 is 5.97 Å². The van der Waals surface area contributed by atoms with Crippen molar-refractivity contribution < 1.29 is 23.1 Å². The van der Waals surface area contributed by atoms with Crippen LogP contribution in [-0.4, -0.2) is 61.3 Å². The van der Waals surface area contributed by atoms with Gasteiger partial charge in [-0.25, -0.2) is 13.2 Å². The van der Waals surface area contributed by atoms with Crippen LogP contribution in [0.1, 0.15) is 22.5 Å². The lowest BCUT2D eigenvalue weighted by molar-refractivity contribution is -0.132. The lowest BCUT2D eigenvalue weighted by atomic mass is 10.2. The standard InChI is InChI=1S/C12H16N2O5S2/c1-13(2)11(15)8-4-3-6-14(8)21(18,19)9-5-7-20-10(9)12(16)17/h5,7-8H,3-4,6H2,1-2H3,(H,16,17). The molecular formula is C12H16N2O5S2. The van der Waals surface area contributed by atoms with Gasteiger partial charge in [-0.3, -0.25) is 4.79 Å². The third-order valence-corrected chi connectivity index (χ3v) is 6.32. The van der Waals surface area contributed by atoms with Crippen LogP contribution in [0.5, 0.6) is 0 Å². The van der Waals surface area contributed by atoms with Crippen LogP contribution in [-0.2, 0) is 14.8 Å². The van der Waals surface area contributed by atoms with Crippen molar-refractivity contribution in [2.75, 3.05) is 20.6 Å². The van der Waals surface area contributed by atoms with Gasteiger partial charge in [0.05, 0.1) is 0 Å². The average Bonchev–Trinajstić information content (AvgIpc) is 3.06. The molecule has 1 aliphatic heterocycles. The Kier molecular flexibility index (Phi) is 4.35. The highest BCUT2D eigenvalue weighted by molar-refractivity contribution is 7.89. The summed E-state index contributed by atoms with van der Waals surface area (Å²) in [4.78, 5) is 24.1. The summed E-state index contributed by atoms with van der Waals surface area (Å²) < 4.78 is 26.4. The third-order valence-electron chi connectivity index (χ3n) is 3.34. The number of hydrogen-bond donors (Lipinski definition) is 1. The zero-order valence-corrected chi connectivity index (χ0v) is 13.3. The molecule has 0 spiro atoms. The van der Waals surface area contributed by atoms with Gasteiger partial charge in [-0.1, -0.05) is 0 Å². The summed E-state index contributed by atoms with van der Waals surface area (Å²) in [6, 6.07) is 0.519. The average molecular weight is 332 g/mol. The van der Waals surface area contributed by atoms with Gasteiger partial charge < -0.3 is 10.0 Å². The first-order chi connectivity index (χ1) is 9.76. The monoisotopic (exact) mass is 332 g/mol. The quantitative estimate of drug-likeness (QED) is 0.875. The van der Waals surface area contributed by atoms with Crippen LogP contribution in [0.3, 0.4) is 0 Å². The summed E-state index contributed by atoms with van der Waals surface area (Å²) >= 11 is 0.859. The molecule has 1 aromatic rings. The van der Waals surface area contributed by atoms with Crippen molar-refractivity contribution in [1.29, 1.82) is 0 Å². The van der Waals surface area contributed by atoms with E-state index in [1.165, 1.54) is 16.3 Å². The van der Waals surface area contributed by atoms with Crippen LogP contribution >= 0.6 is 11.3 Å². The van der Waals surface area contributed by atoms with Crippen molar-refractivity contribution >= 4 is 33.2 Å². The minimum Gasteiger partial charge on any atom is -0.477 e. The molecule has 1 N–H and O–H groups in total. The first kappa shape index (κ1) is 15.9. The number of carboxylic acids is 1. The minimum atomic E-state index is -3.98. The molecule has 0 saturated carbocycles. The van der Waals surface area contributed by atoms with Gasteiger partial charge in [-0.05, 0) is 24.3 Å². The molecule has 1 aliphatic rings. The van der Waals surface area contributed by atoms with Crippen molar-refractivity contribution in [3.63, 3.8) is 0 Å². The third kappa shape index (κ3) is 2.81. The van der Waals surface area contributed by atoms with Crippen LogP contribution in [0.2, 0.25) is 0 Å². The molecule has 1 aromatic heterocycles. The highest BCUT2D eigenvalue weighted by atomic mass is 32.2. The Morgan fingerprint density at radius 1 is 1.43 bits per heavy atom. The molecule has 0 aromatic carbocycles. The summed E-state index contributed by atoms with van der Waals surface area (Å²) in [5.74, 6) is -1.57. The first-order valence-electron chi connectivity index (χ1n) is 6.30. The first-order valence-corrected chi connectivity index (χ1v) is 8.62. The van der Waals surface area contributed by atoms with Gasteiger partial charge in [-0.15, -0.1) is 11.3 Å². The summed E-state index contributed by atoms with van der Waals surface area (Å²) in [5.41, 5.74) is 0. The molecule has 1 atom stereocenters. The minimum absolute atomic E-state index is 0.224. The molecule has 1 saturated heterocycles. The summed E-state index contributed by atoms with van der Waals surface area (Å²) in [5, 5.41) is 10.5. The second-order valence-electron chi connectivity index (χ2n) is 4.93. The molecule has 7 nitrogen and oxygen atoms in total. The number of carboxylic acid groups (broad SMARTS) is 1. The van der Waals surface area contributed by atoms with E-state index in [1.807, 2.05) is 0 Å². The molecule has 0 aliphatic carbocycles.